The molecular weight excluding hydrogens is 418 g/mol. The fraction of sp³-hybridized carbons (Fsp3) is 0.375. The molecule has 0 spiro atoms. The van der Waals surface area contributed by atoms with E-state index >= 15 is 0 Å². The van der Waals surface area contributed by atoms with E-state index in [0.717, 1.165) is 30.5 Å². The summed E-state index contributed by atoms with van der Waals surface area (Å²) >= 11 is 0. The fourth-order valence-electron chi connectivity index (χ4n) is 3.65. The first kappa shape index (κ1) is 23.4. The predicted octanol–water partition coefficient (Wildman–Crippen LogP) is 3.38. The number of hydrogen-bond donors (Lipinski definition) is 2. The topological polar surface area (TPSA) is 84.5 Å². The molecule has 1 aliphatic rings. The summed E-state index contributed by atoms with van der Waals surface area (Å²) in [6.45, 7) is 1.32. The van der Waals surface area contributed by atoms with Crippen LogP contribution in [0.3, 0.4) is 0 Å². The SMILES string of the molecule is CC(NC(=O)COC(=O)CCNC(=O)c1ccc(F)cc1F)c1ccc2c(c1)CCCC2. The lowest BCUT2D eigenvalue weighted by molar-refractivity contribution is -0.148. The van der Waals surface area contributed by atoms with Gasteiger partial charge in [-0.15, -0.1) is 0 Å². The maximum absolute atomic E-state index is 13.6. The second kappa shape index (κ2) is 10.8. The number of halogens is 2. The highest BCUT2D eigenvalue weighted by atomic mass is 19.1. The van der Waals surface area contributed by atoms with E-state index in [0.29, 0.717) is 6.07 Å². The van der Waals surface area contributed by atoms with E-state index in [9.17, 15) is 23.2 Å². The molecule has 1 atom stereocenters. The van der Waals surface area contributed by atoms with Gasteiger partial charge in [0, 0.05) is 12.6 Å². The van der Waals surface area contributed by atoms with Gasteiger partial charge in [0.1, 0.15) is 11.6 Å². The standard InChI is InChI=1S/C24H26F2N2O4/c1-15(17-7-6-16-4-2-3-5-18(16)12-17)28-22(29)14-32-23(30)10-11-27-24(31)20-9-8-19(25)13-21(20)26/h6-9,12-13,15H,2-5,10-11,14H2,1H3,(H,27,31)(H,28,29). The minimum absolute atomic E-state index is 0.109. The first-order chi connectivity index (χ1) is 15.3. The number of nitrogens with one attached hydrogen (secondary N) is 2. The second-order valence-electron chi connectivity index (χ2n) is 7.82. The maximum Gasteiger partial charge on any atom is 0.308 e. The molecule has 2 aromatic carbocycles. The van der Waals surface area contributed by atoms with E-state index in [4.69, 9.17) is 4.74 Å². The molecule has 0 radical (unpaired) electrons. The smallest absolute Gasteiger partial charge is 0.308 e. The minimum atomic E-state index is -0.991. The van der Waals surface area contributed by atoms with Gasteiger partial charge < -0.3 is 15.4 Å². The zero-order valence-electron chi connectivity index (χ0n) is 17.9. The van der Waals surface area contributed by atoms with Crippen molar-refractivity contribution < 1.29 is 27.9 Å². The molecule has 0 aliphatic heterocycles. The fourth-order valence-corrected chi connectivity index (χ4v) is 3.65. The summed E-state index contributed by atoms with van der Waals surface area (Å²) in [6.07, 6.45) is 4.32. The molecule has 1 unspecified atom stereocenters. The van der Waals surface area contributed by atoms with E-state index in [1.165, 1.54) is 24.0 Å². The molecule has 170 valence electrons. The van der Waals surface area contributed by atoms with Crippen LogP contribution in [0.1, 0.15) is 59.3 Å². The lowest BCUT2D eigenvalue weighted by Gasteiger charge is -2.20. The number of carbonyl (C=O) groups excluding carboxylic acids is 3. The van der Waals surface area contributed by atoms with Crippen LogP contribution in [-0.2, 0) is 27.2 Å². The average Bonchev–Trinajstić information content (AvgIpc) is 2.77. The van der Waals surface area contributed by atoms with Gasteiger partial charge in [0.15, 0.2) is 6.61 Å². The van der Waals surface area contributed by atoms with Gasteiger partial charge in [0.05, 0.1) is 18.0 Å². The Hall–Kier alpha value is -3.29. The van der Waals surface area contributed by atoms with Crippen LogP contribution < -0.4 is 10.6 Å². The summed E-state index contributed by atoms with van der Waals surface area (Å²) in [7, 11) is 0. The van der Waals surface area contributed by atoms with E-state index < -0.39 is 36.0 Å². The molecule has 0 bridgehead atoms. The highest BCUT2D eigenvalue weighted by Crippen LogP contribution is 2.24. The first-order valence-electron chi connectivity index (χ1n) is 10.6. The van der Waals surface area contributed by atoms with Crippen LogP contribution in [0.2, 0.25) is 0 Å². The van der Waals surface area contributed by atoms with Crippen molar-refractivity contribution in [1.82, 2.24) is 10.6 Å². The van der Waals surface area contributed by atoms with Crippen LogP contribution in [0.15, 0.2) is 36.4 Å². The van der Waals surface area contributed by atoms with Crippen molar-refractivity contribution in [2.75, 3.05) is 13.2 Å². The Morgan fingerprint density at radius 1 is 1.03 bits per heavy atom. The Kier molecular flexibility index (Phi) is 7.92. The zero-order valence-corrected chi connectivity index (χ0v) is 17.9. The van der Waals surface area contributed by atoms with Crippen molar-refractivity contribution in [3.63, 3.8) is 0 Å². The number of aryl methyl sites for hydroxylation is 2. The highest BCUT2D eigenvalue weighted by Gasteiger charge is 2.16. The first-order valence-corrected chi connectivity index (χ1v) is 10.6. The third-order valence-electron chi connectivity index (χ3n) is 5.40. The number of carbonyl (C=O) groups is 3. The van der Waals surface area contributed by atoms with Crippen LogP contribution in [0.4, 0.5) is 8.78 Å². The maximum atomic E-state index is 13.6. The van der Waals surface area contributed by atoms with Crippen LogP contribution in [0, 0.1) is 11.6 Å². The van der Waals surface area contributed by atoms with Crippen LogP contribution in [-0.4, -0.2) is 30.9 Å². The Labute approximate surface area is 185 Å². The second-order valence-corrected chi connectivity index (χ2v) is 7.82. The lowest BCUT2D eigenvalue weighted by atomic mass is 9.89. The minimum Gasteiger partial charge on any atom is -0.456 e. The highest BCUT2D eigenvalue weighted by molar-refractivity contribution is 5.94. The largest absolute Gasteiger partial charge is 0.456 e. The lowest BCUT2D eigenvalue weighted by Crippen LogP contribution is -2.32. The van der Waals surface area contributed by atoms with Crippen molar-refractivity contribution in [2.24, 2.45) is 0 Å². The monoisotopic (exact) mass is 444 g/mol. The molecule has 32 heavy (non-hydrogen) atoms. The number of rotatable bonds is 8. The summed E-state index contributed by atoms with van der Waals surface area (Å²) in [6, 6.07) is 8.61. The Morgan fingerprint density at radius 2 is 1.78 bits per heavy atom. The molecule has 2 aromatic rings. The van der Waals surface area contributed by atoms with Gasteiger partial charge in [-0.2, -0.15) is 0 Å². The molecule has 1 aliphatic carbocycles. The number of hydrogen-bond acceptors (Lipinski definition) is 4. The quantitative estimate of drug-likeness (QED) is 0.612. The molecule has 0 saturated carbocycles. The van der Waals surface area contributed by atoms with Gasteiger partial charge in [-0.05, 0) is 61.4 Å². The molecule has 0 heterocycles. The Morgan fingerprint density at radius 3 is 2.53 bits per heavy atom. The molecule has 8 heteroatoms. The van der Waals surface area contributed by atoms with E-state index in [1.54, 1.807) is 0 Å². The van der Waals surface area contributed by atoms with Gasteiger partial charge in [-0.3, -0.25) is 14.4 Å². The van der Waals surface area contributed by atoms with E-state index in [2.05, 4.69) is 22.8 Å². The van der Waals surface area contributed by atoms with Crippen molar-refractivity contribution in [3.05, 3.63) is 70.3 Å². The van der Waals surface area contributed by atoms with Gasteiger partial charge >= 0.3 is 5.97 Å². The molecule has 2 amide bonds. The summed E-state index contributed by atoms with van der Waals surface area (Å²) in [5, 5.41) is 5.16. The number of amides is 2. The molecule has 3 rings (SSSR count). The predicted molar refractivity (Wildman–Crippen MR) is 114 cm³/mol. The number of esters is 1. The number of ether oxygens (including phenoxy) is 1. The summed E-state index contributed by atoms with van der Waals surface area (Å²) < 4.78 is 31.4. The number of fused-ring (bicyclic) bond motifs is 1. The van der Waals surface area contributed by atoms with Crippen molar-refractivity contribution in [2.45, 2.75) is 45.1 Å². The van der Waals surface area contributed by atoms with Crippen LogP contribution in [0.25, 0.3) is 0 Å². The third-order valence-corrected chi connectivity index (χ3v) is 5.40. The van der Waals surface area contributed by atoms with Crippen LogP contribution in [0.5, 0.6) is 0 Å². The molecule has 0 fully saturated rings. The molecule has 0 aromatic heterocycles. The number of benzene rings is 2. The Balaban J connectivity index is 1.38. The molecule has 6 nitrogen and oxygen atoms in total. The van der Waals surface area contributed by atoms with Gasteiger partial charge in [-0.1, -0.05) is 18.2 Å². The van der Waals surface area contributed by atoms with Crippen molar-refractivity contribution in [1.29, 1.82) is 0 Å². The van der Waals surface area contributed by atoms with E-state index in [1.807, 2.05) is 13.0 Å². The van der Waals surface area contributed by atoms with Crippen LogP contribution >= 0.6 is 0 Å². The summed E-state index contributed by atoms with van der Waals surface area (Å²) in [5.74, 6) is -3.66. The van der Waals surface area contributed by atoms with Gasteiger partial charge in [-0.25, -0.2) is 8.78 Å². The van der Waals surface area contributed by atoms with Crippen molar-refractivity contribution in [3.8, 4) is 0 Å². The zero-order chi connectivity index (χ0) is 23.1. The summed E-state index contributed by atoms with van der Waals surface area (Å²) in [4.78, 5) is 35.8. The van der Waals surface area contributed by atoms with Gasteiger partial charge in [0.25, 0.3) is 11.8 Å². The average molecular weight is 444 g/mol. The summed E-state index contributed by atoms with van der Waals surface area (Å²) in [5.41, 5.74) is 3.36. The molecular formula is C24H26F2N2O4. The molecule has 0 saturated heterocycles. The molecule has 2 N–H and O–H groups in total. The third kappa shape index (κ3) is 6.35. The van der Waals surface area contributed by atoms with Crippen molar-refractivity contribution >= 4 is 17.8 Å². The van der Waals surface area contributed by atoms with E-state index in [-0.39, 0.29) is 24.6 Å². The van der Waals surface area contributed by atoms with Gasteiger partial charge in [0.2, 0.25) is 0 Å². The normalized spacial score (nSPS) is 13.6. The Bertz CT molecular complexity index is 1010.